The van der Waals surface area contributed by atoms with Crippen LogP contribution in [0.15, 0.2) is 45.7 Å². The van der Waals surface area contributed by atoms with Crippen molar-refractivity contribution in [2.75, 3.05) is 0 Å². The van der Waals surface area contributed by atoms with Crippen LogP contribution in [0, 0.1) is 0 Å². The van der Waals surface area contributed by atoms with Gasteiger partial charge >= 0.3 is 0 Å². The van der Waals surface area contributed by atoms with Gasteiger partial charge in [0, 0.05) is 11.1 Å². The van der Waals surface area contributed by atoms with Gasteiger partial charge in [-0.1, -0.05) is 24.4 Å². The number of hydrogen-bond acceptors (Lipinski definition) is 4. The van der Waals surface area contributed by atoms with Crippen LogP contribution in [0.25, 0.3) is 0 Å². The molecule has 1 fully saturated rings. The quantitative estimate of drug-likeness (QED) is 0.876. The van der Waals surface area contributed by atoms with Crippen molar-refractivity contribution in [3.63, 3.8) is 0 Å². The molecule has 3 rings (SSSR count). The Bertz CT molecular complexity index is 821. The lowest BCUT2D eigenvalue weighted by Gasteiger charge is -2.09. The van der Waals surface area contributed by atoms with Crippen LogP contribution in [0.3, 0.4) is 0 Å². The van der Waals surface area contributed by atoms with Crippen LogP contribution in [0.5, 0.6) is 0 Å². The minimum atomic E-state index is -3.55. The van der Waals surface area contributed by atoms with Crippen LogP contribution >= 0.6 is 11.6 Å². The van der Waals surface area contributed by atoms with E-state index in [4.69, 9.17) is 16.0 Å². The number of sulfone groups is 1. The molecule has 7 heteroatoms. The van der Waals surface area contributed by atoms with Gasteiger partial charge in [-0.25, -0.2) is 8.42 Å². The molecule has 1 saturated carbocycles. The topological polar surface area (TPSA) is 76.4 Å². The fourth-order valence-electron chi connectivity index (χ4n) is 2.82. The van der Waals surface area contributed by atoms with E-state index in [0.29, 0.717) is 5.02 Å². The molecule has 5 nitrogen and oxygen atoms in total. The highest BCUT2D eigenvalue weighted by atomic mass is 35.5. The molecule has 128 valence electrons. The van der Waals surface area contributed by atoms with Crippen LogP contribution in [-0.4, -0.2) is 20.4 Å². The van der Waals surface area contributed by atoms with Gasteiger partial charge in [-0.2, -0.15) is 0 Å². The fourth-order valence-corrected chi connectivity index (χ4v) is 4.19. The number of benzene rings is 1. The van der Waals surface area contributed by atoms with Crippen molar-refractivity contribution < 1.29 is 17.6 Å². The first-order valence-corrected chi connectivity index (χ1v) is 9.85. The third-order valence-electron chi connectivity index (χ3n) is 4.08. The lowest BCUT2D eigenvalue weighted by molar-refractivity contribution is 0.0908. The fraction of sp³-hybridized carbons (Fsp3) is 0.353. The second-order valence-electron chi connectivity index (χ2n) is 5.93. The second kappa shape index (κ2) is 6.99. The lowest BCUT2D eigenvalue weighted by atomic mass is 10.2. The molecule has 1 aromatic carbocycles. The summed E-state index contributed by atoms with van der Waals surface area (Å²) in [6, 6.07) is 9.17. The molecule has 0 spiro atoms. The summed E-state index contributed by atoms with van der Waals surface area (Å²) in [5.74, 6) is -0.215. The average Bonchev–Trinajstić information content (AvgIpc) is 3.19. The summed E-state index contributed by atoms with van der Waals surface area (Å²) in [7, 11) is -3.55. The Morgan fingerprint density at radius 3 is 2.46 bits per heavy atom. The Hall–Kier alpha value is -1.79. The predicted molar refractivity (Wildman–Crippen MR) is 90.8 cm³/mol. The summed E-state index contributed by atoms with van der Waals surface area (Å²) in [5, 5.41) is 3.38. The number of amides is 1. The number of furan rings is 1. The van der Waals surface area contributed by atoms with E-state index in [1.54, 1.807) is 0 Å². The van der Waals surface area contributed by atoms with Gasteiger partial charge < -0.3 is 9.73 Å². The van der Waals surface area contributed by atoms with Gasteiger partial charge in [0.05, 0.1) is 4.90 Å². The molecule has 0 radical (unpaired) electrons. The molecule has 1 amide bonds. The monoisotopic (exact) mass is 367 g/mol. The first-order valence-electron chi connectivity index (χ1n) is 7.82. The first-order chi connectivity index (χ1) is 11.4. The summed E-state index contributed by atoms with van der Waals surface area (Å²) in [6.07, 6.45) is 4.19. The Labute approximate surface area is 145 Å². The molecule has 1 heterocycles. The van der Waals surface area contributed by atoms with Gasteiger partial charge in [0.2, 0.25) is 0 Å². The normalized spacial score (nSPS) is 15.5. The summed E-state index contributed by atoms with van der Waals surface area (Å²) in [6.45, 7) is 0. The van der Waals surface area contributed by atoms with E-state index < -0.39 is 9.84 Å². The highest BCUT2D eigenvalue weighted by Gasteiger charge is 2.22. The van der Waals surface area contributed by atoms with Gasteiger partial charge in [0.1, 0.15) is 11.5 Å². The Morgan fingerprint density at radius 2 is 1.79 bits per heavy atom. The van der Waals surface area contributed by atoms with Crippen molar-refractivity contribution in [3.8, 4) is 0 Å². The highest BCUT2D eigenvalue weighted by Crippen LogP contribution is 2.21. The van der Waals surface area contributed by atoms with Crippen molar-refractivity contribution in [1.29, 1.82) is 0 Å². The van der Waals surface area contributed by atoms with E-state index in [9.17, 15) is 13.2 Å². The van der Waals surface area contributed by atoms with Crippen LogP contribution in [0.2, 0.25) is 5.02 Å². The molecule has 24 heavy (non-hydrogen) atoms. The maximum atomic E-state index is 12.4. The minimum Gasteiger partial charge on any atom is -0.455 e. The van der Waals surface area contributed by atoms with Gasteiger partial charge in [0.25, 0.3) is 5.91 Å². The zero-order valence-corrected chi connectivity index (χ0v) is 14.6. The van der Waals surface area contributed by atoms with E-state index >= 15 is 0 Å². The largest absolute Gasteiger partial charge is 0.455 e. The van der Waals surface area contributed by atoms with Crippen LogP contribution < -0.4 is 5.32 Å². The Balaban J connectivity index is 1.68. The molecule has 1 N–H and O–H groups in total. The summed E-state index contributed by atoms with van der Waals surface area (Å²) < 4.78 is 30.2. The first kappa shape index (κ1) is 17.0. The molecule has 0 bridgehead atoms. The van der Waals surface area contributed by atoms with Crippen LogP contribution in [0.4, 0.5) is 0 Å². The smallest absolute Gasteiger partial charge is 0.287 e. The molecule has 1 aliphatic rings. The van der Waals surface area contributed by atoms with Crippen molar-refractivity contribution in [2.24, 2.45) is 0 Å². The number of halogens is 1. The molecule has 0 atom stereocenters. The molecular weight excluding hydrogens is 350 g/mol. The van der Waals surface area contributed by atoms with Crippen molar-refractivity contribution in [1.82, 2.24) is 5.32 Å². The van der Waals surface area contributed by atoms with Crippen molar-refractivity contribution >= 4 is 27.3 Å². The Morgan fingerprint density at radius 1 is 1.12 bits per heavy atom. The standard InChI is InChI=1S/C17H18ClNO4S/c18-12-5-8-15(9-6-12)24(21,22)11-14-7-10-16(23-14)17(20)19-13-3-1-2-4-13/h5-10,13H,1-4,11H2,(H,19,20). The molecule has 2 aromatic rings. The summed E-state index contributed by atoms with van der Waals surface area (Å²) in [5.41, 5.74) is 0. The molecule has 0 saturated heterocycles. The second-order valence-corrected chi connectivity index (χ2v) is 8.36. The van der Waals surface area contributed by atoms with Crippen molar-refractivity contribution in [3.05, 3.63) is 52.9 Å². The molecule has 0 unspecified atom stereocenters. The van der Waals surface area contributed by atoms with Gasteiger partial charge in [0.15, 0.2) is 15.6 Å². The third kappa shape index (κ3) is 3.99. The SMILES string of the molecule is O=C(NC1CCCC1)c1ccc(CS(=O)(=O)c2ccc(Cl)cc2)o1. The lowest BCUT2D eigenvalue weighted by Crippen LogP contribution is -2.32. The highest BCUT2D eigenvalue weighted by molar-refractivity contribution is 7.90. The summed E-state index contributed by atoms with van der Waals surface area (Å²) in [4.78, 5) is 12.3. The third-order valence-corrected chi connectivity index (χ3v) is 5.99. The number of rotatable bonds is 5. The van der Waals surface area contributed by atoms with Gasteiger partial charge in [-0.05, 0) is 49.2 Å². The maximum absolute atomic E-state index is 12.4. The Kier molecular flexibility index (Phi) is 4.96. The van der Waals surface area contributed by atoms with Crippen molar-refractivity contribution in [2.45, 2.75) is 42.4 Å². The van der Waals surface area contributed by atoms with E-state index in [1.807, 2.05) is 0 Å². The molecule has 0 aliphatic heterocycles. The number of hydrogen-bond donors (Lipinski definition) is 1. The zero-order valence-electron chi connectivity index (χ0n) is 13.0. The number of carbonyl (C=O) groups excluding carboxylic acids is 1. The molecule has 1 aromatic heterocycles. The molecular formula is C17H18ClNO4S. The number of carbonyl (C=O) groups is 1. The van der Waals surface area contributed by atoms with E-state index in [0.717, 1.165) is 25.7 Å². The van der Waals surface area contributed by atoms with Gasteiger partial charge in [-0.3, -0.25) is 4.79 Å². The van der Waals surface area contributed by atoms with E-state index in [1.165, 1.54) is 36.4 Å². The molecule has 1 aliphatic carbocycles. The zero-order chi connectivity index (χ0) is 17.2. The minimum absolute atomic E-state index is 0.142. The van der Waals surface area contributed by atoms with E-state index in [2.05, 4.69) is 5.32 Å². The van der Waals surface area contributed by atoms with Crippen LogP contribution in [-0.2, 0) is 15.6 Å². The van der Waals surface area contributed by atoms with E-state index in [-0.39, 0.29) is 34.1 Å². The average molecular weight is 368 g/mol. The van der Waals surface area contributed by atoms with Crippen LogP contribution in [0.1, 0.15) is 42.0 Å². The number of nitrogens with one attached hydrogen (secondary N) is 1. The predicted octanol–water partition coefficient (Wildman–Crippen LogP) is 3.58. The maximum Gasteiger partial charge on any atom is 0.287 e. The summed E-state index contributed by atoms with van der Waals surface area (Å²) >= 11 is 5.77. The van der Waals surface area contributed by atoms with Gasteiger partial charge in [-0.15, -0.1) is 0 Å².